The van der Waals surface area contributed by atoms with E-state index in [1.807, 2.05) is 12.3 Å². The van der Waals surface area contributed by atoms with Crippen molar-refractivity contribution in [3.8, 4) is 0 Å². The quantitative estimate of drug-likeness (QED) is 0.764. The van der Waals surface area contributed by atoms with Gasteiger partial charge in [-0.2, -0.15) is 0 Å². The molecule has 1 atom stereocenters. The van der Waals surface area contributed by atoms with E-state index in [-0.39, 0.29) is 0 Å². The van der Waals surface area contributed by atoms with Crippen molar-refractivity contribution in [2.75, 3.05) is 0 Å². The van der Waals surface area contributed by atoms with Crippen LogP contribution in [-0.4, -0.2) is 4.98 Å². The van der Waals surface area contributed by atoms with Gasteiger partial charge in [-0.3, -0.25) is 4.98 Å². The Bertz CT molecular complexity index is 749. The molecule has 2 aromatic carbocycles. The van der Waals surface area contributed by atoms with E-state index < -0.39 is 0 Å². The number of aromatic nitrogens is 1. The fourth-order valence-electron chi connectivity index (χ4n) is 2.56. The molecule has 3 rings (SSSR count). The van der Waals surface area contributed by atoms with E-state index >= 15 is 0 Å². The average molecular weight is 276 g/mol. The van der Waals surface area contributed by atoms with Crippen LogP contribution in [0.2, 0.25) is 0 Å². The highest BCUT2D eigenvalue weighted by molar-refractivity contribution is 5.78. The van der Waals surface area contributed by atoms with Gasteiger partial charge in [0, 0.05) is 24.2 Å². The van der Waals surface area contributed by atoms with E-state index in [9.17, 15) is 0 Å². The number of benzene rings is 2. The Hall–Kier alpha value is -2.19. The van der Waals surface area contributed by atoms with E-state index in [0.717, 1.165) is 12.1 Å². The van der Waals surface area contributed by atoms with Crippen molar-refractivity contribution in [1.29, 1.82) is 0 Å². The van der Waals surface area contributed by atoms with Crippen LogP contribution in [0.25, 0.3) is 10.9 Å². The predicted octanol–water partition coefficient (Wildman–Crippen LogP) is 4.39. The molecule has 0 aliphatic rings. The minimum atomic E-state index is 0.342. The molecule has 1 heterocycles. The summed E-state index contributed by atoms with van der Waals surface area (Å²) in [5.74, 6) is 0. The number of rotatable bonds is 4. The van der Waals surface area contributed by atoms with E-state index in [0.29, 0.717) is 6.04 Å². The van der Waals surface area contributed by atoms with Crippen LogP contribution in [0.15, 0.2) is 60.8 Å². The number of fused-ring (bicyclic) bond motifs is 1. The molecule has 2 heteroatoms. The van der Waals surface area contributed by atoms with E-state index in [1.165, 1.54) is 22.1 Å². The number of hydrogen-bond donors (Lipinski definition) is 1. The summed E-state index contributed by atoms with van der Waals surface area (Å²) in [6.07, 6.45) is 1.83. The fourth-order valence-corrected chi connectivity index (χ4v) is 2.56. The van der Waals surface area contributed by atoms with Crippen molar-refractivity contribution < 1.29 is 0 Å². The molecule has 0 unspecified atom stereocenters. The lowest BCUT2D eigenvalue weighted by Crippen LogP contribution is -2.18. The van der Waals surface area contributed by atoms with Gasteiger partial charge in [-0.05, 0) is 43.2 Å². The first-order valence-electron chi connectivity index (χ1n) is 7.36. The molecule has 0 saturated heterocycles. The van der Waals surface area contributed by atoms with Crippen molar-refractivity contribution in [2.45, 2.75) is 26.4 Å². The summed E-state index contributed by atoms with van der Waals surface area (Å²) in [7, 11) is 0. The monoisotopic (exact) mass is 276 g/mol. The van der Waals surface area contributed by atoms with Crippen molar-refractivity contribution in [3.63, 3.8) is 0 Å². The van der Waals surface area contributed by atoms with E-state index in [1.54, 1.807) is 0 Å². The van der Waals surface area contributed by atoms with Crippen LogP contribution >= 0.6 is 0 Å². The Morgan fingerprint density at radius 3 is 2.81 bits per heavy atom. The largest absolute Gasteiger partial charge is 0.306 e. The van der Waals surface area contributed by atoms with Gasteiger partial charge in [0.05, 0.1) is 5.52 Å². The van der Waals surface area contributed by atoms with Crippen molar-refractivity contribution in [3.05, 3.63) is 77.5 Å². The van der Waals surface area contributed by atoms with Gasteiger partial charge in [-0.15, -0.1) is 0 Å². The lowest BCUT2D eigenvalue weighted by molar-refractivity contribution is 0.574. The molecule has 0 amide bonds. The minimum absolute atomic E-state index is 0.342. The van der Waals surface area contributed by atoms with Crippen molar-refractivity contribution in [2.24, 2.45) is 0 Å². The summed E-state index contributed by atoms with van der Waals surface area (Å²) >= 11 is 0. The first-order valence-corrected chi connectivity index (χ1v) is 7.36. The molecule has 0 aliphatic carbocycles. The first kappa shape index (κ1) is 13.8. The maximum Gasteiger partial charge on any atom is 0.0702 e. The highest BCUT2D eigenvalue weighted by Crippen LogP contribution is 2.16. The molecular weight excluding hydrogens is 256 g/mol. The van der Waals surface area contributed by atoms with Crippen LogP contribution < -0.4 is 5.32 Å². The summed E-state index contributed by atoms with van der Waals surface area (Å²) in [6, 6.07) is 19.5. The number of hydrogen-bond acceptors (Lipinski definition) is 2. The lowest BCUT2D eigenvalue weighted by Gasteiger charge is -2.15. The Morgan fingerprint density at radius 2 is 1.95 bits per heavy atom. The maximum absolute atomic E-state index is 4.35. The molecule has 1 aromatic heterocycles. The maximum atomic E-state index is 4.35. The summed E-state index contributed by atoms with van der Waals surface area (Å²) in [6.45, 7) is 5.20. The topological polar surface area (TPSA) is 24.9 Å². The van der Waals surface area contributed by atoms with E-state index in [4.69, 9.17) is 0 Å². The highest BCUT2D eigenvalue weighted by atomic mass is 14.9. The molecule has 0 spiro atoms. The molecule has 2 nitrogen and oxygen atoms in total. The molecule has 0 fully saturated rings. The second kappa shape index (κ2) is 6.06. The molecule has 3 aromatic rings. The van der Waals surface area contributed by atoms with Gasteiger partial charge in [0.15, 0.2) is 0 Å². The predicted molar refractivity (Wildman–Crippen MR) is 88.2 cm³/mol. The third-order valence-corrected chi connectivity index (χ3v) is 3.82. The number of nitrogens with one attached hydrogen (secondary N) is 1. The van der Waals surface area contributed by atoms with Gasteiger partial charge < -0.3 is 5.32 Å². The molecule has 1 N–H and O–H groups in total. The normalized spacial score (nSPS) is 12.5. The van der Waals surface area contributed by atoms with Crippen LogP contribution in [0.4, 0.5) is 0 Å². The van der Waals surface area contributed by atoms with Crippen LogP contribution in [0.5, 0.6) is 0 Å². The zero-order chi connectivity index (χ0) is 14.7. The Kier molecular flexibility index (Phi) is 3.98. The first-order chi connectivity index (χ1) is 10.2. The minimum Gasteiger partial charge on any atom is -0.306 e. The number of aryl methyl sites for hydroxylation is 1. The average Bonchev–Trinajstić information content (AvgIpc) is 2.52. The second-order valence-corrected chi connectivity index (χ2v) is 5.55. The Morgan fingerprint density at radius 1 is 1.05 bits per heavy atom. The molecule has 0 bridgehead atoms. The van der Waals surface area contributed by atoms with Crippen LogP contribution in [0.3, 0.4) is 0 Å². The standard InChI is InChI=1S/C19H20N2/c1-14-5-3-6-17(11-14)15(2)21-13-16-8-9-19-18(12-16)7-4-10-20-19/h3-12,15,21H,13H2,1-2H3/t15-/m0/s1. The van der Waals surface area contributed by atoms with Crippen LogP contribution in [0, 0.1) is 6.92 Å². The van der Waals surface area contributed by atoms with Crippen LogP contribution in [0.1, 0.15) is 29.7 Å². The smallest absolute Gasteiger partial charge is 0.0702 e. The highest BCUT2D eigenvalue weighted by Gasteiger charge is 2.05. The third-order valence-electron chi connectivity index (χ3n) is 3.82. The summed E-state index contributed by atoms with van der Waals surface area (Å²) in [5.41, 5.74) is 4.97. The summed E-state index contributed by atoms with van der Waals surface area (Å²) < 4.78 is 0. The van der Waals surface area contributed by atoms with Crippen molar-refractivity contribution >= 4 is 10.9 Å². The Balaban J connectivity index is 1.71. The van der Waals surface area contributed by atoms with Gasteiger partial charge in [0.1, 0.15) is 0 Å². The summed E-state index contributed by atoms with van der Waals surface area (Å²) in [5, 5.41) is 4.78. The molecule has 106 valence electrons. The molecule has 0 saturated carbocycles. The zero-order valence-corrected chi connectivity index (χ0v) is 12.5. The van der Waals surface area contributed by atoms with Gasteiger partial charge >= 0.3 is 0 Å². The van der Waals surface area contributed by atoms with Crippen molar-refractivity contribution in [1.82, 2.24) is 10.3 Å². The zero-order valence-electron chi connectivity index (χ0n) is 12.5. The molecule has 0 aliphatic heterocycles. The lowest BCUT2D eigenvalue weighted by atomic mass is 10.1. The van der Waals surface area contributed by atoms with E-state index in [2.05, 4.69) is 72.7 Å². The number of pyridine rings is 1. The molecule has 21 heavy (non-hydrogen) atoms. The van der Waals surface area contributed by atoms with Gasteiger partial charge in [0.2, 0.25) is 0 Å². The fraction of sp³-hybridized carbons (Fsp3) is 0.211. The summed E-state index contributed by atoms with van der Waals surface area (Å²) in [4.78, 5) is 4.35. The Labute approximate surface area is 125 Å². The SMILES string of the molecule is Cc1cccc([C@H](C)NCc2ccc3ncccc3c2)c1. The second-order valence-electron chi connectivity index (χ2n) is 5.55. The number of nitrogens with zero attached hydrogens (tertiary/aromatic N) is 1. The molecule has 0 radical (unpaired) electrons. The third kappa shape index (κ3) is 3.29. The van der Waals surface area contributed by atoms with Gasteiger partial charge in [-0.1, -0.05) is 42.0 Å². The molecular formula is C19H20N2. The van der Waals surface area contributed by atoms with Crippen LogP contribution in [-0.2, 0) is 6.54 Å². The van der Waals surface area contributed by atoms with Gasteiger partial charge in [-0.25, -0.2) is 0 Å². The van der Waals surface area contributed by atoms with Gasteiger partial charge in [0.25, 0.3) is 0 Å².